The maximum atomic E-state index is 13.0. The highest BCUT2D eigenvalue weighted by Crippen LogP contribution is 2.40. The predicted molar refractivity (Wildman–Crippen MR) is 63.5 cm³/mol. The molecule has 0 radical (unpaired) electrons. The molecule has 0 aromatic heterocycles. The van der Waals surface area contributed by atoms with Crippen molar-refractivity contribution in [2.24, 2.45) is 11.8 Å². The summed E-state index contributed by atoms with van der Waals surface area (Å²) in [7, 11) is 0. The normalized spacial score (nSPS) is 19.1. The summed E-state index contributed by atoms with van der Waals surface area (Å²) in [6.07, 6.45) is -0.333. The third kappa shape index (κ3) is 2.67. The molecule has 1 fully saturated rings. The minimum atomic E-state index is -4.33. The zero-order valence-corrected chi connectivity index (χ0v) is 10.0. The van der Waals surface area contributed by atoms with Crippen LogP contribution in [0.5, 0.6) is 0 Å². The van der Waals surface area contributed by atoms with Crippen LogP contribution in [-0.2, 0) is 6.18 Å². The minimum Gasteiger partial charge on any atom is -0.271 e. The number of hydrogen-bond acceptors (Lipinski definition) is 2. The van der Waals surface area contributed by atoms with E-state index in [1.165, 1.54) is 12.1 Å². The van der Waals surface area contributed by atoms with Crippen molar-refractivity contribution >= 4 is 0 Å². The van der Waals surface area contributed by atoms with Gasteiger partial charge in [-0.05, 0) is 30.4 Å². The van der Waals surface area contributed by atoms with Crippen molar-refractivity contribution < 1.29 is 13.2 Å². The van der Waals surface area contributed by atoms with E-state index in [9.17, 15) is 13.2 Å². The molecule has 2 nitrogen and oxygen atoms in total. The minimum absolute atomic E-state index is 0.193. The van der Waals surface area contributed by atoms with Crippen LogP contribution in [0.2, 0.25) is 0 Å². The molecule has 1 aliphatic carbocycles. The highest BCUT2D eigenvalue weighted by molar-refractivity contribution is 5.33. The highest BCUT2D eigenvalue weighted by atomic mass is 19.4. The van der Waals surface area contributed by atoms with Gasteiger partial charge < -0.3 is 0 Å². The van der Waals surface area contributed by atoms with Gasteiger partial charge in [-0.2, -0.15) is 13.2 Å². The van der Waals surface area contributed by atoms with Gasteiger partial charge >= 0.3 is 6.18 Å². The molecule has 0 aliphatic heterocycles. The van der Waals surface area contributed by atoms with Crippen LogP contribution in [0, 0.1) is 5.92 Å². The topological polar surface area (TPSA) is 38.0 Å². The van der Waals surface area contributed by atoms with Gasteiger partial charge in [0, 0.05) is 6.04 Å². The Balaban J connectivity index is 2.35. The maximum Gasteiger partial charge on any atom is 0.416 e. The summed E-state index contributed by atoms with van der Waals surface area (Å²) in [6.45, 7) is 0. The lowest BCUT2D eigenvalue weighted by Crippen LogP contribution is -2.34. The molecule has 100 valence electrons. The molecule has 0 bridgehead atoms. The van der Waals surface area contributed by atoms with Crippen LogP contribution < -0.4 is 11.3 Å². The molecule has 1 saturated carbocycles. The Hall–Kier alpha value is -1.07. The van der Waals surface area contributed by atoms with Gasteiger partial charge in [0.2, 0.25) is 0 Å². The van der Waals surface area contributed by atoms with Crippen LogP contribution in [0.25, 0.3) is 0 Å². The largest absolute Gasteiger partial charge is 0.416 e. The first-order chi connectivity index (χ1) is 8.54. The predicted octanol–water partition coefficient (Wildman–Crippen LogP) is 3.40. The number of hydrazine groups is 1. The fourth-order valence-electron chi connectivity index (χ4n) is 2.80. The lowest BCUT2D eigenvalue weighted by atomic mass is 9.89. The molecule has 0 saturated heterocycles. The molecular weight excluding hydrogens is 241 g/mol. The van der Waals surface area contributed by atoms with Crippen molar-refractivity contribution in [1.82, 2.24) is 5.43 Å². The first-order valence-corrected chi connectivity index (χ1v) is 6.16. The first-order valence-electron chi connectivity index (χ1n) is 6.16. The molecule has 2 rings (SSSR count). The molecule has 1 atom stereocenters. The zero-order valence-electron chi connectivity index (χ0n) is 10.0. The zero-order chi connectivity index (χ0) is 13.2. The van der Waals surface area contributed by atoms with E-state index in [-0.39, 0.29) is 11.5 Å². The second kappa shape index (κ2) is 5.28. The molecule has 5 heteroatoms. The van der Waals surface area contributed by atoms with Gasteiger partial charge in [-0.3, -0.25) is 11.3 Å². The summed E-state index contributed by atoms with van der Waals surface area (Å²) in [6, 6.07) is 5.27. The lowest BCUT2D eigenvalue weighted by Gasteiger charge is -2.26. The Kier molecular flexibility index (Phi) is 3.92. The molecule has 0 spiro atoms. The summed E-state index contributed by atoms with van der Waals surface area (Å²) < 4.78 is 38.9. The number of hydrogen-bond donors (Lipinski definition) is 2. The number of benzene rings is 1. The smallest absolute Gasteiger partial charge is 0.271 e. The van der Waals surface area contributed by atoms with Crippen molar-refractivity contribution in [2.45, 2.75) is 37.9 Å². The Morgan fingerprint density at radius 3 is 2.33 bits per heavy atom. The van der Waals surface area contributed by atoms with Gasteiger partial charge in [-0.1, -0.05) is 31.0 Å². The van der Waals surface area contributed by atoms with Gasteiger partial charge in [0.05, 0.1) is 5.56 Å². The van der Waals surface area contributed by atoms with Crippen molar-refractivity contribution in [3.05, 3.63) is 35.4 Å². The Bertz CT molecular complexity index is 397. The number of nitrogens with two attached hydrogens (primary N) is 1. The maximum absolute atomic E-state index is 13.0. The van der Waals surface area contributed by atoms with Crippen LogP contribution >= 0.6 is 0 Å². The molecule has 0 heterocycles. The van der Waals surface area contributed by atoms with Crippen LogP contribution in [0.1, 0.15) is 42.9 Å². The summed E-state index contributed by atoms with van der Waals surface area (Å²) in [5, 5.41) is 0. The molecule has 1 aromatic rings. The third-order valence-corrected chi connectivity index (χ3v) is 3.65. The summed E-state index contributed by atoms with van der Waals surface area (Å²) in [5.41, 5.74) is 2.25. The third-order valence-electron chi connectivity index (χ3n) is 3.65. The van der Waals surface area contributed by atoms with E-state index in [1.807, 2.05) is 0 Å². The second-order valence-corrected chi connectivity index (χ2v) is 4.77. The monoisotopic (exact) mass is 258 g/mol. The van der Waals surface area contributed by atoms with E-state index >= 15 is 0 Å². The Morgan fingerprint density at radius 2 is 1.78 bits per heavy atom. The van der Waals surface area contributed by atoms with Crippen molar-refractivity contribution in [1.29, 1.82) is 0 Å². The van der Waals surface area contributed by atoms with E-state index in [1.54, 1.807) is 6.07 Å². The summed E-state index contributed by atoms with van der Waals surface area (Å²) >= 11 is 0. The van der Waals surface area contributed by atoms with Crippen LogP contribution in [0.3, 0.4) is 0 Å². The second-order valence-electron chi connectivity index (χ2n) is 4.77. The van der Waals surface area contributed by atoms with Gasteiger partial charge in [-0.25, -0.2) is 0 Å². The molecule has 1 aliphatic rings. The van der Waals surface area contributed by atoms with E-state index < -0.39 is 17.8 Å². The van der Waals surface area contributed by atoms with E-state index in [4.69, 9.17) is 5.84 Å². The van der Waals surface area contributed by atoms with Crippen molar-refractivity contribution in [3.8, 4) is 0 Å². The van der Waals surface area contributed by atoms with Gasteiger partial charge in [-0.15, -0.1) is 0 Å². The van der Waals surface area contributed by atoms with Crippen molar-refractivity contribution in [2.75, 3.05) is 0 Å². The fourth-order valence-corrected chi connectivity index (χ4v) is 2.80. The van der Waals surface area contributed by atoms with Gasteiger partial charge in [0.1, 0.15) is 0 Å². The van der Waals surface area contributed by atoms with Crippen LogP contribution in [0.15, 0.2) is 24.3 Å². The SMILES string of the molecule is NNC(c1ccccc1C(F)(F)F)C1CCCC1. The molecule has 18 heavy (non-hydrogen) atoms. The number of rotatable bonds is 3. The molecule has 1 unspecified atom stereocenters. The van der Waals surface area contributed by atoms with Gasteiger partial charge in [0.15, 0.2) is 0 Å². The average Bonchev–Trinajstić information content (AvgIpc) is 2.83. The van der Waals surface area contributed by atoms with E-state index in [2.05, 4.69) is 5.43 Å². The van der Waals surface area contributed by atoms with E-state index in [0.717, 1.165) is 31.7 Å². The highest BCUT2D eigenvalue weighted by Gasteiger charge is 2.37. The van der Waals surface area contributed by atoms with Crippen LogP contribution in [0.4, 0.5) is 13.2 Å². The lowest BCUT2D eigenvalue weighted by molar-refractivity contribution is -0.138. The Labute approximate surface area is 104 Å². The molecule has 1 aromatic carbocycles. The Morgan fingerprint density at radius 1 is 1.17 bits per heavy atom. The fraction of sp³-hybridized carbons (Fsp3) is 0.538. The van der Waals surface area contributed by atoms with E-state index in [0.29, 0.717) is 0 Å². The van der Waals surface area contributed by atoms with Crippen LogP contribution in [-0.4, -0.2) is 0 Å². The summed E-state index contributed by atoms with van der Waals surface area (Å²) in [4.78, 5) is 0. The quantitative estimate of drug-likeness (QED) is 0.644. The number of halogens is 3. The number of alkyl halides is 3. The average molecular weight is 258 g/mol. The molecular formula is C13H17F3N2. The van der Waals surface area contributed by atoms with Gasteiger partial charge in [0.25, 0.3) is 0 Å². The molecule has 0 amide bonds. The number of nitrogens with one attached hydrogen (secondary N) is 1. The standard InChI is InChI=1S/C13H17F3N2/c14-13(15,16)11-8-4-3-7-10(11)12(18-17)9-5-1-2-6-9/h3-4,7-9,12,18H,1-2,5-6,17H2. The summed E-state index contributed by atoms with van der Waals surface area (Å²) in [5.74, 6) is 5.67. The first kappa shape index (κ1) is 13.4. The molecule has 3 N–H and O–H groups in total. The van der Waals surface area contributed by atoms with Crippen molar-refractivity contribution in [3.63, 3.8) is 0 Å².